The number of urea groups is 1. The van der Waals surface area contributed by atoms with E-state index in [2.05, 4.69) is 5.32 Å². The third kappa shape index (κ3) is 3.76. The number of amides is 4. The van der Waals surface area contributed by atoms with Crippen molar-refractivity contribution in [3.05, 3.63) is 59.9 Å². The fourth-order valence-electron chi connectivity index (χ4n) is 2.78. The number of carbonyl (C=O) groups is 3. The molecule has 1 aliphatic heterocycles. The van der Waals surface area contributed by atoms with Crippen molar-refractivity contribution >= 4 is 29.2 Å². The van der Waals surface area contributed by atoms with Crippen LogP contribution in [0.5, 0.6) is 0 Å². The molecule has 9 heteroatoms. The Morgan fingerprint density at radius 2 is 1.59 bits per heavy atom. The van der Waals surface area contributed by atoms with E-state index in [4.69, 9.17) is 0 Å². The van der Waals surface area contributed by atoms with E-state index in [1.807, 2.05) is 0 Å². The highest BCUT2D eigenvalue weighted by atomic mass is 19.1. The third-order valence-electron chi connectivity index (χ3n) is 4.00. The molecule has 6 nitrogen and oxygen atoms in total. The number of hydrogen-bond acceptors (Lipinski definition) is 3. The number of carbonyl (C=O) groups excluding carboxylic acids is 3. The van der Waals surface area contributed by atoms with Crippen LogP contribution in [0.25, 0.3) is 0 Å². The fourth-order valence-corrected chi connectivity index (χ4v) is 2.78. The molecule has 1 aliphatic rings. The second kappa shape index (κ2) is 7.10. The van der Waals surface area contributed by atoms with Gasteiger partial charge in [0.2, 0.25) is 5.91 Å². The average Bonchev–Trinajstić information content (AvgIpc) is 2.78. The van der Waals surface area contributed by atoms with Crippen LogP contribution >= 0.6 is 0 Å². The molecule has 4 amide bonds. The van der Waals surface area contributed by atoms with Crippen LogP contribution in [0.4, 0.5) is 29.3 Å². The minimum atomic E-state index is -0.887. The van der Waals surface area contributed by atoms with Gasteiger partial charge in [0.05, 0.1) is 0 Å². The Morgan fingerprint density at radius 1 is 1.00 bits per heavy atom. The van der Waals surface area contributed by atoms with Gasteiger partial charge >= 0.3 is 6.03 Å². The summed E-state index contributed by atoms with van der Waals surface area (Å²) in [5, 5.41) is 2.24. The number of nitrogens with zero attached hydrogens (tertiary/aromatic N) is 2. The zero-order valence-electron chi connectivity index (χ0n) is 14.1. The van der Waals surface area contributed by atoms with Gasteiger partial charge in [-0.2, -0.15) is 0 Å². The summed E-state index contributed by atoms with van der Waals surface area (Å²) in [7, 11) is 0. The van der Waals surface area contributed by atoms with Crippen LogP contribution in [0.2, 0.25) is 0 Å². The van der Waals surface area contributed by atoms with Gasteiger partial charge in [-0.25, -0.2) is 18.0 Å². The number of nitrogens with one attached hydrogen (secondary N) is 1. The standard InChI is InChI=1S/C18H14F3N3O3/c1-10-17(26)23(18(27)24(10)15-4-2-11(19)3-5-15)9-16(25)22-14-7-12(20)6-13(21)8-14/h2-8,10H,9H2,1H3,(H,22,25). The summed E-state index contributed by atoms with van der Waals surface area (Å²) in [6.07, 6.45) is 0. The van der Waals surface area contributed by atoms with E-state index < -0.39 is 47.9 Å². The molecule has 0 radical (unpaired) electrons. The Morgan fingerprint density at radius 3 is 2.19 bits per heavy atom. The van der Waals surface area contributed by atoms with Crippen molar-refractivity contribution < 1.29 is 27.6 Å². The summed E-state index contributed by atoms with van der Waals surface area (Å²) in [6.45, 7) is 0.848. The summed E-state index contributed by atoms with van der Waals surface area (Å²) < 4.78 is 39.4. The molecule has 27 heavy (non-hydrogen) atoms. The lowest BCUT2D eigenvalue weighted by atomic mass is 10.2. The van der Waals surface area contributed by atoms with E-state index in [1.165, 1.54) is 19.1 Å². The highest BCUT2D eigenvalue weighted by molar-refractivity contribution is 6.16. The van der Waals surface area contributed by atoms with E-state index >= 15 is 0 Å². The summed E-state index contributed by atoms with van der Waals surface area (Å²) >= 11 is 0. The summed E-state index contributed by atoms with van der Waals surface area (Å²) in [6, 6.07) is 5.80. The van der Waals surface area contributed by atoms with E-state index in [0.717, 1.165) is 34.1 Å². The van der Waals surface area contributed by atoms with Crippen molar-refractivity contribution in [2.45, 2.75) is 13.0 Å². The number of halogens is 3. The van der Waals surface area contributed by atoms with Crippen LogP contribution in [0.15, 0.2) is 42.5 Å². The van der Waals surface area contributed by atoms with Crippen LogP contribution in [0, 0.1) is 17.5 Å². The predicted molar refractivity (Wildman–Crippen MR) is 90.4 cm³/mol. The molecule has 140 valence electrons. The molecule has 1 heterocycles. The highest BCUT2D eigenvalue weighted by Crippen LogP contribution is 2.26. The van der Waals surface area contributed by atoms with Crippen molar-refractivity contribution in [2.24, 2.45) is 0 Å². The molecule has 1 unspecified atom stereocenters. The summed E-state index contributed by atoms with van der Waals surface area (Å²) in [4.78, 5) is 38.9. The molecule has 0 bridgehead atoms. The Kier molecular flexibility index (Phi) is 4.85. The zero-order valence-corrected chi connectivity index (χ0v) is 14.1. The zero-order chi connectivity index (χ0) is 19.7. The van der Waals surface area contributed by atoms with Gasteiger partial charge < -0.3 is 5.32 Å². The first-order chi connectivity index (χ1) is 12.8. The molecule has 2 aromatic rings. The van der Waals surface area contributed by atoms with Crippen LogP contribution in [0.1, 0.15) is 6.92 Å². The SMILES string of the molecule is CC1C(=O)N(CC(=O)Nc2cc(F)cc(F)c2)C(=O)N1c1ccc(F)cc1. The number of imide groups is 1. The maximum absolute atomic E-state index is 13.2. The Bertz CT molecular complexity index is 898. The quantitative estimate of drug-likeness (QED) is 0.833. The number of hydrogen-bond donors (Lipinski definition) is 1. The van der Waals surface area contributed by atoms with Crippen molar-refractivity contribution in [3.63, 3.8) is 0 Å². The summed E-state index contributed by atoms with van der Waals surface area (Å²) in [5.74, 6) is -3.67. The smallest absolute Gasteiger partial charge is 0.324 e. The molecule has 3 rings (SSSR count). The molecule has 0 aliphatic carbocycles. The first-order valence-corrected chi connectivity index (χ1v) is 7.92. The van der Waals surface area contributed by atoms with Gasteiger partial charge in [-0.3, -0.25) is 19.4 Å². The van der Waals surface area contributed by atoms with E-state index in [0.29, 0.717) is 11.8 Å². The molecule has 1 N–H and O–H groups in total. The van der Waals surface area contributed by atoms with Crippen LogP contribution in [-0.2, 0) is 9.59 Å². The van der Waals surface area contributed by atoms with Crippen LogP contribution in [-0.4, -0.2) is 35.3 Å². The lowest BCUT2D eigenvalue weighted by Crippen LogP contribution is -2.39. The third-order valence-corrected chi connectivity index (χ3v) is 4.00. The van der Waals surface area contributed by atoms with Crippen molar-refractivity contribution in [2.75, 3.05) is 16.8 Å². The number of benzene rings is 2. The molecule has 1 atom stereocenters. The van der Waals surface area contributed by atoms with Gasteiger partial charge in [0.15, 0.2) is 0 Å². The van der Waals surface area contributed by atoms with Crippen LogP contribution in [0.3, 0.4) is 0 Å². The second-order valence-corrected chi connectivity index (χ2v) is 5.94. The second-order valence-electron chi connectivity index (χ2n) is 5.94. The Labute approximate surface area is 152 Å². The van der Waals surface area contributed by atoms with Gasteiger partial charge in [-0.1, -0.05) is 0 Å². The Balaban J connectivity index is 1.74. The largest absolute Gasteiger partial charge is 0.332 e. The monoisotopic (exact) mass is 377 g/mol. The fraction of sp³-hybridized carbons (Fsp3) is 0.167. The van der Waals surface area contributed by atoms with Gasteiger partial charge in [-0.15, -0.1) is 0 Å². The van der Waals surface area contributed by atoms with Gasteiger partial charge in [-0.05, 0) is 43.3 Å². The lowest BCUT2D eigenvalue weighted by molar-refractivity contribution is -0.130. The first kappa shape index (κ1) is 18.4. The molecule has 1 fully saturated rings. The van der Waals surface area contributed by atoms with Crippen molar-refractivity contribution in [3.8, 4) is 0 Å². The van der Waals surface area contributed by atoms with Gasteiger partial charge in [0, 0.05) is 17.4 Å². The Hall–Kier alpha value is -3.36. The van der Waals surface area contributed by atoms with Crippen molar-refractivity contribution in [1.29, 1.82) is 0 Å². The van der Waals surface area contributed by atoms with Crippen molar-refractivity contribution in [1.82, 2.24) is 4.90 Å². The minimum absolute atomic E-state index is 0.139. The molecule has 0 saturated carbocycles. The lowest BCUT2D eigenvalue weighted by Gasteiger charge is -2.19. The molecule has 1 saturated heterocycles. The molecule has 0 aromatic heterocycles. The van der Waals surface area contributed by atoms with E-state index in [-0.39, 0.29) is 5.69 Å². The molecule has 0 spiro atoms. The maximum atomic E-state index is 13.2. The van der Waals surface area contributed by atoms with Gasteiger partial charge in [0.1, 0.15) is 30.0 Å². The van der Waals surface area contributed by atoms with E-state index in [1.54, 1.807) is 0 Å². The predicted octanol–water partition coefficient (Wildman–Crippen LogP) is 2.90. The normalized spacial score (nSPS) is 16.8. The van der Waals surface area contributed by atoms with Gasteiger partial charge in [0.25, 0.3) is 5.91 Å². The molecular weight excluding hydrogens is 363 g/mol. The number of rotatable bonds is 4. The maximum Gasteiger partial charge on any atom is 0.332 e. The average molecular weight is 377 g/mol. The molecule has 2 aromatic carbocycles. The highest BCUT2D eigenvalue weighted by Gasteiger charge is 2.44. The first-order valence-electron chi connectivity index (χ1n) is 7.92. The topological polar surface area (TPSA) is 69.7 Å². The minimum Gasteiger partial charge on any atom is -0.324 e. The van der Waals surface area contributed by atoms with Crippen LogP contribution < -0.4 is 10.2 Å². The summed E-state index contributed by atoms with van der Waals surface area (Å²) in [5.41, 5.74) is 0.164. The van der Waals surface area contributed by atoms with E-state index in [9.17, 15) is 27.6 Å². The number of anilines is 2. The molecular formula is C18H14F3N3O3.